The molecule has 5 heteroatoms. The van der Waals surface area contributed by atoms with Crippen LogP contribution in [0.25, 0.3) is 0 Å². The first-order chi connectivity index (χ1) is 16.2. The second-order valence-electron chi connectivity index (χ2n) is 11.6. The van der Waals surface area contributed by atoms with Gasteiger partial charge >= 0.3 is 5.97 Å². The zero-order chi connectivity index (χ0) is 24.7. The van der Waals surface area contributed by atoms with E-state index in [2.05, 4.69) is 51.2 Å². The van der Waals surface area contributed by atoms with E-state index in [4.69, 9.17) is 0 Å². The van der Waals surface area contributed by atoms with Crippen molar-refractivity contribution < 1.29 is 14.7 Å². The zero-order valence-corrected chi connectivity index (χ0v) is 22.5. The fourth-order valence-electron chi connectivity index (χ4n) is 6.60. The normalized spacial score (nSPS) is 29.1. The highest BCUT2D eigenvalue weighted by Crippen LogP contribution is 2.60. The quantitative estimate of drug-likeness (QED) is 0.218. The van der Waals surface area contributed by atoms with E-state index < -0.39 is 12.0 Å². The lowest BCUT2D eigenvalue weighted by Crippen LogP contribution is -2.56. The Hall–Kier alpha value is -1.49. The predicted octanol–water partition coefficient (Wildman–Crippen LogP) is 6.92. The minimum absolute atomic E-state index is 0.0121. The van der Waals surface area contributed by atoms with Crippen molar-refractivity contribution in [2.24, 2.45) is 23.2 Å². The molecule has 0 aliphatic heterocycles. The molecule has 0 aromatic carbocycles. The molecule has 1 amide bonds. The lowest BCUT2D eigenvalue weighted by molar-refractivity contribution is -0.151. The smallest absolute Gasteiger partial charge is 0.327 e. The Morgan fingerprint density at radius 3 is 1.97 bits per heavy atom. The van der Waals surface area contributed by atoms with Crippen molar-refractivity contribution in [1.82, 2.24) is 5.32 Å². The number of allylic oxidation sites excluding steroid dienone is 5. The molecule has 4 nitrogen and oxygen atoms in total. The van der Waals surface area contributed by atoms with Crippen LogP contribution in [0.2, 0.25) is 0 Å². The molecule has 4 rings (SSSR count). The molecule has 0 radical (unpaired) electrons. The number of hydrogen-bond acceptors (Lipinski definition) is 3. The molecule has 1 atom stereocenters. The number of nitrogens with one attached hydrogen (secondary N) is 1. The highest BCUT2D eigenvalue weighted by atomic mass is 32.2. The SMILES string of the molecule is CC(C)=CCC/C(C)=C/CC/C(C)=C/CSCC(NC(=O)C12CC3CC(CC(C3)C1)C2)C(=O)O. The van der Waals surface area contributed by atoms with Gasteiger partial charge in [0.05, 0.1) is 0 Å². The average molecular weight is 488 g/mol. The predicted molar refractivity (Wildman–Crippen MR) is 143 cm³/mol. The van der Waals surface area contributed by atoms with Crippen molar-refractivity contribution in [3.05, 3.63) is 34.9 Å². The van der Waals surface area contributed by atoms with E-state index in [0.717, 1.165) is 50.7 Å². The molecule has 4 aliphatic carbocycles. The Balaban J connectivity index is 1.39. The number of amides is 1. The Morgan fingerprint density at radius 2 is 1.44 bits per heavy atom. The maximum absolute atomic E-state index is 13.2. The van der Waals surface area contributed by atoms with Crippen LogP contribution in [-0.2, 0) is 9.59 Å². The van der Waals surface area contributed by atoms with E-state index in [9.17, 15) is 14.7 Å². The maximum atomic E-state index is 13.2. The molecule has 1 unspecified atom stereocenters. The van der Waals surface area contributed by atoms with E-state index >= 15 is 0 Å². The second-order valence-corrected chi connectivity index (χ2v) is 12.6. The summed E-state index contributed by atoms with van der Waals surface area (Å²) in [5, 5.41) is 12.7. The van der Waals surface area contributed by atoms with Gasteiger partial charge in [-0.3, -0.25) is 4.79 Å². The van der Waals surface area contributed by atoms with Crippen molar-refractivity contribution in [2.75, 3.05) is 11.5 Å². The van der Waals surface area contributed by atoms with Gasteiger partial charge in [-0.15, -0.1) is 0 Å². The van der Waals surface area contributed by atoms with Gasteiger partial charge in [-0.1, -0.05) is 34.9 Å². The Morgan fingerprint density at radius 1 is 0.912 bits per heavy atom. The summed E-state index contributed by atoms with van der Waals surface area (Å²) in [7, 11) is 0. The monoisotopic (exact) mass is 487 g/mol. The summed E-state index contributed by atoms with van der Waals surface area (Å²) in [6.45, 7) is 8.63. The highest BCUT2D eigenvalue weighted by Gasteiger charge is 2.54. The van der Waals surface area contributed by atoms with Crippen LogP contribution < -0.4 is 5.32 Å². The van der Waals surface area contributed by atoms with Gasteiger partial charge in [-0.2, -0.15) is 11.8 Å². The van der Waals surface area contributed by atoms with Crippen LogP contribution in [0.1, 0.15) is 91.9 Å². The summed E-state index contributed by atoms with van der Waals surface area (Å²) >= 11 is 1.60. The number of carbonyl (C=O) groups is 2. The van der Waals surface area contributed by atoms with E-state index in [1.165, 1.54) is 36.0 Å². The van der Waals surface area contributed by atoms with Crippen molar-refractivity contribution in [3.8, 4) is 0 Å². The molecule has 0 heterocycles. The summed E-state index contributed by atoms with van der Waals surface area (Å²) in [5.74, 6) is 2.33. The lowest BCUT2D eigenvalue weighted by Gasteiger charge is -2.55. The van der Waals surface area contributed by atoms with Gasteiger partial charge in [0.1, 0.15) is 6.04 Å². The summed E-state index contributed by atoms with van der Waals surface area (Å²) in [6, 6.07) is -0.800. The van der Waals surface area contributed by atoms with Crippen LogP contribution in [0.5, 0.6) is 0 Å². The number of rotatable bonds is 13. The largest absolute Gasteiger partial charge is 0.480 e. The minimum atomic E-state index is -0.917. The van der Waals surface area contributed by atoms with E-state index in [1.54, 1.807) is 11.8 Å². The first kappa shape index (κ1) is 27.1. The van der Waals surface area contributed by atoms with E-state index in [1.807, 2.05) is 0 Å². The number of aliphatic carboxylic acids is 1. The van der Waals surface area contributed by atoms with Crippen LogP contribution in [0, 0.1) is 23.2 Å². The third kappa shape index (κ3) is 7.76. The molecule has 34 heavy (non-hydrogen) atoms. The van der Waals surface area contributed by atoms with Crippen molar-refractivity contribution in [3.63, 3.8) is 0 Å². The topological polar surface area (TPSA) is 66.4 Å². The number of carbonyl (C=O) groups excluding carboxylic acids is 1. The molecule has 4 bridgehead atoms. The highest BCUT2D eigenvalue weighted by molar-refractivity contribution is 7.99. The molecule has 4 fully saturated rings. The maximum Gasteiger partial charge on any atom is 0.327 e. The van der Waals surface area contributed by atoms with Gasteiger partial charge in [0.15, 0.2) is 0 Å². The zero-order valence-electron chi connectivity index (χ0n) is 21.7. The van der Waals surface area contributed by atoms with Crippen LogP contribution in [0.4, 0.5) is 0 Å². The molecule has 190 valence electrons. The number of carboxylic acids is 1. The molecule has 0 aromatic rings. The van der Waals surface area contributed by atoms with Crippen LogP contribution in [0.15, 0.2) is 34.9 Å². The molecule has 2 N–H and O–H groups in total. The van der Waals surface area contributed by atoms with Gasteiger partial charge in [0, 0.05) is 16.9 Å². The van der Waals surface area contributed by atoms with Crippen molar-refractivity contribution in [1.29, 1.82) is 0 Å². The summed E-state index contributed by atoms with van der Waals surface area (Å²) < 4.78 is 0. The van der Waals surface area contributed by atoms with Crippen molar-refractivity contribution in [2.45, 2.75) is 97.9 Å². The molecular formula is C29H45NO3S. The van der Waals surface area contributed by atoms with Crippen LogP contribution in [0.3, 0.4) is 0 Å². The Labute approximate surface area is 211 Å². The van der Waals surface area contributed by atoms with Gasteiger partial charge in [0.25, 0.3) is 0 Å². The van der Waals surface area contributed by atoms with Crippen molar-refractivity contribution >= 4 is 23.6 Å². The average Bonchev–Trinajstić information content (AvgIpc) is 2.74. The fourth-order valence-corrected chi connectivity index (χ4v) is 7.60. The molecule has 0 saturated heterocycles. The molecule has 4 aliphatic rings. The van der Waals surface area contributed by atoms with E-state index in [0.29, 0.717) is 23.5 Å². The summed E-state index contributed by atoms with van der Waals surface area (Å²) in [4.78, 5) is 25.1. The first-order valence-corrected chi connectivity index (χ1v) is 14.4. The van der Waals surface area contributed by atoms with Gasteiger partial charge in [-0.05, 0) is 110 Å². The molecule has 0 spiro atoms. The third-order valence-corrected chi connectivity index (χ3v) is 9.05. The molecular weight excluding hydrogens is 442 g/mol. The lowest BCUT2D eigenvalue weighted by atomic mass is 9.49. The number of hydrogen-bond donors (Lipinski definition) is 2. The van der Waals surface area contributed by atoms with Gasteiger partial charge < -0.3 is 10.4 Å². The standard InChI is InChI=1S/C29H45NO3S/c1-20(2)7-5-8-21(3)9-6-10-22(4)11-12-34-19-26(27(31)32)30-28(33)29-16-23-13-24(17-29)15-25(14-23)18-29/h7,9,11,23-26H,5-6,8,10,12-19H2,1-4H3,(H,30,33)(H,31,32)/b21-9+,22-11+. The minimum Gasteiger partial charge on any atom is -0.480 e. The summed E-state index contributed by atoms with van der Waals surface area (Å²) in [6.07, 6.45) is 17.9. The van der Waals surface area contributed by atoms with Crippen LogP contribution in [-0.4, -0.2) is 34.5 Å². The fraction of sp³-hybridized carbons (Fsp3) is 0.724. The van der Waals surface area contributed by atoms with Crippen LogP contribution >= 0.6 is 11.8 Å². The van der Waals surface area contributed by atoms with Gasteiger partial charge in [0.2, 0.25) is 5.91 Å². The number of carboxylic acid groups (broad SMARTS) is 1. The third-order valence-electron chi connectivity index (χ3n) is 8.08. The Bertz CT molecular complexity index is 786. The molecule has 4 saturated carbocycles. The second kappa shape index (κ2) is 12.5. The van der Waals surface area contributed by atoms with Gasteiger partial charge in [-0.25, -0.2) is 4.79 Å². The summed E-state index contributed by atoms with van der Waals surface area (Å²) in [5.41, 5.74) is 3.87. The molecule has 0 aromatic heterocycles. The first-order valence-electron chi connectivity index (χ1n) is 13.2. The Kier molecular flexibility index (Phi) is 9.94. The van der Waals surface area contributed by atoms with E-state index in [-0.39, 0.29) is 11.3 Å². The number of thioether (sulfide) groups is 1.